The van der Waals surface area contributed by atoms with E-state index >= 15 is 0 Å². The van der Waals surface area contributed by atoms with E-state index in [4.69, 9.17) is 4.74 Å². The fraction of sp³-hybridized carbons (Fsp3) is 0.579. The van der Waals surface area contributed by atoms with Crippen LogP contribution in [0.2, 0.25) is 0 Å². The van der Waals surface area contributed by atoms with Crippen molar-refractivity contribution in [1.29, 1.82) is 0 Å². The van der Waals surface area contributed by atoms with Gasteiger partial charge in [-0.05, 0) is 31.4 Å². The summed E-state index contributed by atoms with van der Waals surface area (Å²) in [5, 5.41) is 5.76. The van der Waals surface area contributed by atoms with E-state index < -0.39 is 0 Å². The molecule has 1 unspecified atom stereocenters. The number of hydrogen-bond acceptors (Lipinski definition) is 3. The summed E-state index contributed by atoms with van der Waals surface area (Å²) in [7, 11) is 0. The molecule has 1 atom stereocenters. The van der Waals surface area contributed by atoms with Gasteiger partial charge in [0.05, 0.1) is 17.4 Å². The topological polar surface area (TPSA) is 67.4 Å². The van der Waals surface area contributed by atoms with E-state index in [1.165, 1.54) is 0 Å². The molecule has 1 fully saturated rings. The highest BCUT2D eigenvalue weighted by atomic mass is 16.5. The van der Waals surface area contributed by atoms with E-state index in [-0.39, 0.29) is 17.9 Å². The van der Waals surface area contributed by atoms with Crippen LogP contribution in [0, 0.1) is 0 Å². The number of ether oxygens (including phenoxy) is 1. The molecular weight excluding hydrogens is 304 g/mol. The maximum absolute atomic E-state index is 12.4. The van der Waals surface area contributed by atoms with Crippen LogP contribution in [-0.2, 0) is 9.53 Å². The highest BCUT2D eigenvalue weighted by Crippen LogP contribution is 2.17. The first-order chi connectivity index (χ1) is 11.7. The number of nitrogens with one attached hydrogen (secondary N) is 2. The molecule has 1 aromatic carbocycles. The first-order valence-corrected chi connectivity index (χ1v) is 8.99. The molecule has 0 radical (unpaired) electrons. The number of anilines is 1. The van der Waals surface area contributed by atoms with E-state index in [1.54, 1.807) is 18.2 Å². The van der Waals surface area contributed by atoms with Gasteiger partial charge in [-0.3, -0.25) is 9.59 Å². The van der Waals surface area contributed by atoms with Gasteiger partial charge in [0, 0.05) is 19.6 Å². The second kappa shape index (κ2) is 10.1. The van der Waals surface area contributed by atoms with Crippen molar-refractivity contribution >= 4 is 17.5 Å². The zero-order chi connectivity index (χ0) is 17.2. The highest BCUT2D eigenvalue weighted by Gasteiger charge is 2.18. The molecule has 1 heterocycles. The van der Waals surface area contributed by atoms with E-state index in [2.05, 4.69) is 17.6 Å². The normalized spacial score (nSPS) is 16.8. The minimum absolute atomic E-state index is 0.0366. The molecule has 1 aliphatic heterocycles. The van der Waals surface area contributed by atoms with Crippen LogP contribution in [0.25, 0.3) is 0 Å². The molecule has 2 N–H and O–H groups in total. The Morgan fingerprint density at radius 2 is 2.04 bits per heavy atom. The Morgan fingerprint density at radius 1 is 1.21 bits per heavy atom. The monoisotopic (exact) mass is 332 g/mol. The summed E-state index contributed by atoms with van der Waals surface area (Å²) < 4.78 is 5.51. The number of amides is 2. The molecule has 0 aliphatic carbocycles. The third kappa shape index (κ3) is 5.96. The summed E-state index contributed by atoms with van der Waals surface area (Å²) in [6.45, 7) is 3.43. The smallest absolute Gasteiger partial charge is 0.253 e. The van der Waals surface area contributed by atoms with Crippen LogP contribution in [0.4, 0.5) is 5.69 Å². The lowest BCUT2D eigenvalue weighted by molar-refractivity contribution is -0.116. The Kier molecular flexibility index (Phi) is 7.75. The third-order valence-electron chi connectivity index (χ3n) is 4.22. The van der Waals surface area contributed by atoms with Crippen LogP contribution in [0.15, 0.2) is 24.3 Å². The summed E-state index contributed by atoms with van der Waals surface area (Å²) in [6, 6.07) is 7.13. The molecule has 0 aromatic heterocycles. The van der Waals surface area contributed by atoms with Crippen LogP contribution < -0.4 is 10.6 Å². The number of benzene rings is 1. The Morgan fingerprint density at radius 3 is 2.79 bits per heavy atom. The first-order valence-electron chi connectivity index (χ1n) is 8.99. The van der Waals surface area contributed by atoms with Gasteiger partial charge in [0.1, 0.15) is 0 Å². The number of carbonyl (C=O) groups is 2. The summed E-state index contributed by atoms with van der Waals surface area (Å²) in [4.78, 5) is 24.4. The fourth-order valence-electron chi connectivity index (χ4n) is 2.82. The van der Waals surface area contributed by atoms with Crippen LogP contribution in [0.5, 0.6) is 0 Å². The van der Waals surface area contributed by atoms with Crippen molar-refractivity contribution in [3.63, 3.8) is 0 Å². The molecule has 1 saturated heterocycles. The fourth-order valence-corrected chi connectivity index (χ4v) is 2.82. The highest BCUT2D eigenvalue weighted by molar-refractivity contribution is 6.03. The number of unbranched alkanes of at least 4 members (excludes halogenated alkanes) is 3. The van der Waals surface area contributed by atoms with Crippen molar-refractivity contribution in [3.8, 4) is 0 Å². The lowest BCUT2D eigenvalue weighted by atomic mass is 10.1. The second-order valence-corrected chi connectivity index (χ2v) is 6.25. The number of para-hydroxylation sites is 1. The predicted octanol–water partition coefficient (Wildman–Crippen LogP) is 3.50. The van der Waals surface area contributed by atoms with E-state index in [0.717, 1.165) is 45.1 Å². The SMILES string of the molecule is CCCCCCC(=O)Nc1ccccc1C(=O)NCC1CCCO1. The van der Waals surface area contributed by atoms with E-state index in [0.29, 0.717) is 24.2 Å². The van der Waals surface area contributed by atoms with Gasteiger partial charge in [0.2, 0.25) is 5.91 Å². The molecule has 2 rings (SSSR count). The lowest BCUT2D eigenvalue weighted by Gasteiger charge is -2.13. The molecule has 5 heteroatoms. The zero-order valence-corrected chi connectivity index (χ0v) is 14.5. The van der Waals surface area contributed by atoms with Crippen molar-refractivity contribution < 1.29 is 14.3 Å². The Balaban J connectivity index is 1.86. The zero-order valence-electron chi connectivity index (χ0n) is 14.5. The third-order valence-corrected chi connectivity index (χ3v) is 4.22. The molecule has 24 heavy (non-hydrogen) atoms. The van der Waals surface area contributed by atoms with Gasteiger partial charge in [0.15, 0.2) is 0 Å². The van der Waals surface area contributed by atoms with Gasteiger partial charge >= 0.3 is 0 Å². The van der Waals surface area contributed by atoms with Crippen molar-refractivity contribution in [3.05, 3.63) is 29.8 Å². The number of hydrogen-bond donors (Lipinski definition) is 2. The molecule has 132 valence electrons. The Labute approximate surface area is 144 Å². The van der Waals surface area contributed by atoms with Gasteiger partial charge in [-0.15, -0.1) is 0 Å². The van der Waals surface area contributed by atoms with Crippen LogP contribution >= 0.6 is 0 Å². The van der Waals surface area contributed by atoms with Gasteiger partial charge in [-0.2, -0.15) is 0 Å². The van der Waals surface area contributed by atoms with Crippen LogP contribution in [-0.4, -0.2) is 31.1 Å². The predicted molar refractivity (Wildman–Crippen MR) is 95.1 cm³/mol. The Hall–Kier alpha value is -1.88. The van der Waals surface area contributed by atoms with Crippen molar-refractivity contribution in [2.24, 2.45) is 0 Å². The largest absolute Gasteiger partial charge is 0.376 e. The minimum Gasteiger partial charge on any atom is -0.376 e. The molecule has 0 bridgehead atoms. The minimum atomic E-state index is -0.174. The summed E-state index contributed by atoms with van der Waals surface area (Å²) in [6.07, 6.45) is 6.87. The molecular formula is C19H28N2O3. The summed E-state index contributed by atoms with van der Waals surface area (Å²) in [5.74, 6) is -0.210. The van der Waals surface area contributed by atoms with Gasteiger partial charge < -0.3 is 15.4 Å². The van der Waals surface area contributed by atoms with Crippen molar-refractivity contribution in [2.75, 3.05) is 18.5 Å². The number of carbonyl (C=O) groups excluding carboxylic acids is 2. The van der Waals surface area contributed by atoms with Crippen LogP contribution in [0.1, 0.15) is 62.2 Å². The molecule has 0 saturated carbocycles. The standard InChI is InChI=1S/C19H28N2O3/c1-2-3-4-5-12-18(22)21-17-11-7-6-10-16(17)19(23)20-14-15-9-8-13-24-15/h6-7,10-11,15H,2-5,8-9,12-14H2,1H3,(H,20,23)(H,21,22). The molecule has 1 aliphatic rings. The maximum atomic E-state index is 12.4. The van der Waals surface area contributed by atoms with E-state index in [1.807, 2.05) is 6.07 Å². The molecule has 5 nitrogen and oxygen atoms in total. The summed E-state index contributed by atoms with van der Waals surface area (Å²) in [5.41, 5.74) is 1.07. The van der Waals surface area contributed by atoms with E-state index in [9.17, 15) is 9.59 Å². The van der Waals surface area contributed by atoms with Gasteiger partial charge in [-0.1, -0.05) is 38.3 Å². The molecule has 1 aromatic rings. The summed E-state index contributed by atoms with van der Waals surface area (Å²) >= 11 is 0. The average Bonchev–Trinajstić information content (AvgIpc) is 3.10. The van der Waals surface area contributed by atoms with Gasteiger partial charge in [0.25, 0.3) is 5.91 Å². The quantitative estimate of drug-likeness (QED) is 0.680. The lowest BCUT2D eigenvalue weighted by Crippen LogP contribution is -2.32. The number of rotatable bonds is 9. The Bertz CT molecular complexity index is 539. The molecule has 2 amide bonds. The first kappa shape index (κ1) is 18.5. The molecule has 0 spiro atoms. The van der Waals surface area contributed by atoms with Crippen molar-refractivity contribution in [2.45, 2.75) is 58.0 Å². The van der Waals surface area contributed by atoms with Gasteiger partial charge in [-0.25, -0.2) is 0 Å². The average molecular weight is 332 g/mol. The maximum Gasteiger partial charge on any atom is 0.253 e. The second-order valence-electron chi connectivity index (χ2n) is 6.25. The van der Waals surface area contributed by atoms with Crippen molar-refractivity contribution in [1.82, 2.24) is 5.32 Å². The van der Waals surface area contributed by atoms with Crippen LogP contribution in [0.3, 0.4) is 0 Å².